The Labute approximate surface area is 115 Å². The fourth-order valence-corrected chi connectivity index (χ4v) is 1.61. The molecule has 4 nitrogen and oxygen atoms in total. The molecule has 0 fully saturated rings. The van der Waals surface area contributed by atoms with E-state index in [4.69, 9.17) is 5.11 Å². The van der Waals surface area contributed by atoms with Crippen LogP contribution in [0.15, 0.2) is 23.8 Å². The Morgan fingerprint density at radius 2 is 2.05 bits per heavy atom. The summed E-state index contributed by atoms with van der Waals surface area (Å²) < 4.78 is 0. The van der Waals surface area contributed by atoms with Crippen LogP contribution in [0.1, 0.15) is 46.5 Å². The summed E-state index contributed by atoms with van der Waals surface area (Å²) in [5, 5.41) is 11.1. The molecule has 0 heterocycles. The molecule has 0 aromatic carbocycles. The van der Waals surface area contributed by atoms with Gasteiger partial charge in [0.25, 0.3) is 0 Å². The summed E-state index contributed by atoms with van der Waals surface area (Å²) >= 11 is 0. The lowest BCUT2D eigenvalue weighted by Crippen LogP contribution is -2.25. The highest BCUT2D eigenvalue weighted by molar-refractivity contribution is 5.80. The molecule has 1 amide bonds. The second kappa shape index (κ2) is 10.4. The van der Waals surface area contributed by atoms with E-state index in [2.05, 4.69) is 30.5 Å². The number of hydrogen-bond acceptors (Lipinski definition) is 2. The standard InChI is InChI=1S/C13H19NO3.C2H6/c1-10-2-4-11(5-3-10)8-9-14-12(15)6-7-13(16)17;1-2/h2,4-5,10H,3,6-9H2,1H3,(H,14,15)(H,16,17);1-2H3. The Bertz CT molecular complexity index is 345. The van der Waals surface area contributed by atoms with Crippen molar-refractivity contribution in [3.8, 4) is 0 Å². The Morgan fingerprint density at radius 1 is 1.37 bits per heavy atom. The van der Waals surface area contributed by atoms with Crippen LogP contribution < -0.4 is 5.32 Å². The number of carbonyl (C=O) groups excluding carboxylic acids is 1. The van der Waals surface area contributed by atoms with Gasteiger partial charge in [-0.3, -0.25) is 9.59 Å². The molecule has 1 atom stereocenters. The molecule has 108 valence electrons. The van der Waals surface area contributed by atoms with Gasteiger partial charge in [-0.25, -0.2) is 0 Å². The van der Waals surface area contributed by atoms with Crippen molar-refractivity contribution in [2.75, 3.05) is 6.54 Å². The van der Waals surface area contributed by atoms with Crippen molar-refractivity contribution in [3.63, 3.8) is 0 Å². The number of rotatable bonds is 6. The predicted octanol–water partition coefficient (Wildman–Crippen LogP) is 2.91. The first-order chi connectivity index (χ1) is 9.08. The van der Waals surface area contributed by atoms with Gasteiger partial charge in [0.05, 0.1) is 6.42 Å². The minimum absolute atomic E-state index is 0.0568. The number of aliphatic carboxylic acids is 1. The molecule has 0 saturated carbocycles. The first kappa shape index (κ1) is 17.4. The largest absolute Gasteiger partial charge is 0.481 e. The van der Waals surface area contributed by atoms with E-state index in [1.54, 1.807) is 0 Å². The third-order valence-corrected chi connectivity index (χ3v) is 2.69. The maximum Gasteiger partial charge on any atom is 0.303 e. The van der Waals surface area contributed by atoms with Crippen molar-refractivity contribution < 1.29 is 14.7 Å². The summed E-state index contributed by atoms with van der Waals surface area (Å²) in [7, 11) is 0. The summed E-state index contributed by atoms with van der Waals surface area (Å²) in [5.41, 5.74) is 1.24. The van der Waals surface area contributed by atoms with Gasteiger partial charge in [0.1, 0.15) is 0 Å². The van der Waals surface area contributed by atoms with Crippen LogP contribution in [0, 0.1) is 5.92 Å². The number of amides is 1. The molecular formula is C15H25NO3. The minimum Gasteiger partial charge on any atom is -0.481 e. The van der Waals surface area contributed by atoms with Crippen molar-refractivity contribution in [1.29, 1.82) is 0 Å². The molecular weight excluding hydrogens is 242 g/mol. The fraction of sp³-hybridized carbons (Fsp3) is 0.600. The Kier molecular flexibility index (Phi) is 9.49. The summed E-state index contributed by atoms with van der Waals surface area (Å²) in [4.78, 5) is 21.5. The van der Waals surface area contributed by atoms with E-state index in [9.17, 15) is 9.59 Å². The van der Waals surface area contributed by atoms with Crippen molar-refractivity contribution in [2.24, 2.45) is 5.92 Å². The van der Waals surface area contributed by atoms with E-state index in [-0.39, 0.29) is 18.7 Å². The second-order valence-electron chi connectivity index (χ2n) is 4.34. The molecule has 1 unspecified atom stereocenters. The van der Waals surface area contributed by atoms with Crippen LogP contribution in [0.4, 0.5) is 0 Å². The average molecular weight is 267 g/mol. The third kappa shape index (κ3) is 9.05. The maximum atomic E-state index is 11.2. The first-order valence-corrected chi connectivity index (χ1v) is 6.93. The van der Waals surface area contributed by atoms with Crippen LogP contribution in [0.2, 0.25) is 0 Å². The van der Waals surface area contributed by atoms with Crippen LogP contribution in [0.25, 0.3) is 0 Å². The Balaban J connectivity index is 0.00000154. The first-order valence-electron chi connectivity index (χ1n) is 6.93. The van der Waals surface area contributed by atoms with Crippen molar-refractivity contribution in [2.45, 2.75) is 46.5 Å². The number of nitrogens with one attached hydrogen (secondary N) is 1. The number of carboxylic acids is 1. The van der Waals surface area contributed by atoms with Crippen molar-refractivity contribution in [1.82, 2.24) is 5.32 Å². The SMILES string of the molecule is CC.CC1C=CC(CCNC(=O)CCC(=O)O)=CC1. The van der Waals surface area contributed by atoms with Crippen LogP contribution in [-0.4, -0.2) is 23.5 Å². The van der Waals surface area contributed by atoms with Gasteiger partial charge in [-0.1, -0.05) is 44.6 Å². The summed E-state index contributed by atoms with van der Waals surface area (Å²) in [5.74, 6) is -0.530. The van der Waals surface area contributed by atoms with E-state index in [0.717, 1.165) is 12.8 Å². The van der Waals surface area contributed by atoms with Gasteiger partial charge in [-0.15, -0.1) is 0 Å². The van der Waals surface area contributed by atoms with Gasteiger partial charge in [-0.2, -0.15) is 0 Å². The summed E-state index contributed by atoms with van der Waals surface area (Å²) in [6.07, 6.45) is 8.27. The Hall–Kier alpha value is -1.58. The third-order valence-electron chi connectivity index (χ3n) is 2.69. The van der Waals surface area contributed by atoms with Gasteiger partial charge in [0, 0.05) is 13.0 Å². The topological polar surface area (TPSA) is 66.4 Å². The van der Waals surface area contributed by atoms with E-state index in [1.165, 1.54) is 5.57 Å². The van der Waals surface area contributed by atoms with E-state index in [1.807, 2.05) is 13.8 Å². The zero-order chi connectivity index (χ0) is 14.7. The highest BCUT2D eigenvalue weighted by Gasteiger charge is 2.06. The van der Waals surface area contributed by atoms with Crippen LogP contribution in [0.5, 0.6) is 0 Å². The van der Waals surface area contributed by atoms with Crippen molar-refractivity contribution in [3.05, 3.63) is 23.8 Å². The molecule has 0 spiro atoms. The molecule has 1 rings (SSSR count). The normalized spacial score (nSPS) is 17.0. The molecule has 1 aliphatic carbocycles. The lowest BCUT2D eigenvalue weighted by atomic mass is 9.97. The molecule has 19 heavy (non-hydrogen) atoms. The average Bonchev–Trinajstić information content (AvgIpc) is 2.41. The molecule has 2 N–H and O–H groups in total. The number of allylic oxidation sites excluding steroid dienone is 3. The number of carboxylic acid groups (broad SMARTS) is 1. The quantitative estimate of drug-likeness (QED) is 0.777. The van der Waals surface area contributed by atoms with E-state index >= 15 is 0 Å². The molecule has 0 bridgehead atoms. The minimum atomic E-state index is -0.938. The molecule has 0 aromatic heterocycles. The van der Waals surface area contributed by atoms with Gasteiger partial charge < -0.3 is 10.4 Å². The van der Waals surface area contributed by atoms with Crippen LogP contribution >= 0.6 is 0 Å². The number of carbonyl (C=O) groups is 2. The molecule has 4 heteroatoms. The maximum absolute atomic E-state index is 11.2. The summed E-state index contributed by atoms with van der Waals surface area (Å²) in [6.45, 7) is 6.74. The molecule has 0 aliphatic heterocycles. The molecule has 0 aromatic rings. The molecule has 0 saturated heterocycles. The lowest BCUT2D eigenvalue weighted by molar-refractivity contribution is -0.138. The second-order valence-corrected chi connectivity index (χ2v) is 4.34. The van der Waals surface area contributed by atoms with Crippen LogP contribution in [-0.2, 0) is 9.59 Å². The highest BCUT2D eigenvalue weighted by Crippen LogP contribution is 2.17. The van der Waals surface area contributed by atoms with E-state index in [0.29, 0.717) is 12.5 Å². The van der Waals surface area contributed by atoms with Gasteiger partial charge in [0.15, 0.2) is 0 Å². The van der Waals surface area contributed by atoms with Crippen molar-refractivity contribution >= 4 is 11.9 Å². The predicted molar refractivity (Wildman–Crippen MR) is 76.8 cm³/mol. The highest BCUT2D eigenvalue weighted by atomic mass is 16.4. The smallest absolute Gasteiger partial charge is 0.303 e. The lowest BCUT2D eigenvalue weighted by Gasteiger charge is -2.12. The zero-order valence-corrected chi connectivity index (χ0v) is 12.1. The van der Waals surface area contributed by atoms with Crippen LogP contribution in [0.3, 0.4) is 0 Å². The monoisotopic (exact) mass is 267 g/mol. The number of hydrogen-bond donors (Lipinski definition) is 2. The van der Waals surface area contributed by atoms with Gasteiger partial charge >= 0.3 is 5.97 Å². The Morgan fingerprint density at radius 3 is 2.58 bits per heavy atom. The van der Waals surface area contributed by atoms with Gasteiger partial charge in [0.2, 0.25) is 5.91 Å². The summed E-state index contributed by atoms with van der Waals surface area (Å²) in [6, 6.07) is 0. The van der Waals surface area contributed by atoms with Gasteiger partial charge in [-0.05, 0) is 18.8 Å². The molecule has 1 aliphatic rings. The molecule has 0 radical (unpaired) electrons. The van der Waals surface area contributed by atoms with E-state index < -0.39 is 5.97 Å². The fourth-order valence-electron chi connectivity index (χ4n) is 1.61. The zero-order valence-electron chi connectivity index (χ0n) is 12.1.